The zero-order valence-corrected chi connectivity index (χ0v) is 15.9. The standard InChI is InChI=1S/C20H21NO4.ClH.H2O/c1-21-13-5-12-20(14-21,18(23)15-6-3-2-4-7-15)25-19(24)16-8-10-17(22)11-9-16;;/h2-4,6-11,22H,5,12-14H2,1H3;1H;1H2. The fourth-order valence-corrected chi connectivity index (χ4v) is 3.23. The molecule has 27 heavy (non-hydrogen) atoms. The number of carbonyl (C=O) groups excluding carboxylic acids is 2. The van der Waals surface area contributed by atoms with Gasteiger partial charge >= 0.3 is 5.97 Å². The minimum Gasteiger partial charge on any atom is -0.508 e. The molecule has 0 amide bonds. The molecule has 0 bridgehead atoms. The van der Waals surface area contributed by atoms with Crippen LogP contribution < -0.4 is 0 Å². The van der Waals surface area contributed by atoms with Crippen molar-refractivity contribution in [2.24, 2.45) is 0 Å². The molecule has 1 aliphatic heterocycles. The number of piperidine rings is 1. The highest BCUT2D eigenvalue weighted by Crippen LogP contribution is 2.30. The molecule has 2 aromatic carbocycles. The summed E-state index contributed by atoms with van der Waals surface area (Å²) in [6.45, 7) is 1.23. The van der Waals surface area contributed by atoms with Crippen molar-refractivity contribution in [2.75, 3.05) is 20.1 Å². The van der Waals surface area contributed by atoms with Crippen LogP contribution in [-0.2, 0) is 4.74 Å². The summed E-state index contributed by atoms with van der Waals surface area (Å²) < 4.78 is 5.78. The van der Waals surface area contributed by atoms with Gasteiger partial charge in [-0.2, -0.15) is 0 Å². The third-order valence-corrected chi connectivity index (χ3v) is 4.49. The zero-order valence-electron chi connectivity index (χ0n) is 15.1. The van der Waals surface area contributed by atoms with Crippen molar-refractivity contribution >= 4 is 24.2 Å². The number of likely N-dealkylation sites (N-methyl/N-ethyl adjacent to an activating group) is 1. The van der Waals surface area contributed by atoms with Crippen molar-refractivity contribution in [2.45, 2.75) is 18.4 Å². The number of likely N-dealkylation sites (tertiary alicyclic amines) is 1. The van der Waals surface area contributed by atoms with Crippen LogP contribution in [0.5, 0.6) is 5.75 Å². The number of nitrogens with zero attached hydrogens (tertiary/aromatic N) is 1. The number of ether oxygens (including phenoxy) is 1. The molecule has 1 unspecified atom stereocenters. The fraction of sp³-hybridized carbons (Fsp3) is 0.300. The van der Waals surface area contributed by atoms with Gasteiger partial charge in [0.2, 0.25) is 5.78 Å². The minimum absolute atomic E-state index is 0. The first-order valence-corrected chi connectivity index (χ1v) is 8.31. The molecule has 3 N–H and O–H groups in total. The molecule has 0 saturated carbocycles. The summed E-state index contributed by atoms with van der Waals surface area (Å²) in [6, 6.07) is 14.8. The van der Waals surface area contributed by atoms with E-state index >= 15 is 0 Å². The summed E-state index contributed by atoms with van der Waals surface area (Å²) in [5, 5.41) is 9.37. The van der Waals surface area contributed by atoms with E-state index in [9.17, 15) is 14.7 Å². The maximum Gasteiger partial charge on any atom is 0.339 e. The van der Waals surface area contributed by atoms with Crippen LogP contribution in [0, 0.1) is 0 Å². The van der Waals surface area contributed by atoms with Gasteiger partial charge in [-0.05, 0) is 50.7 Å². The van der Waals surface area contributed by atoms with Gasteiger partial charge in [0.1, 0.15) is 5.75 Å². The number of ketones is 1. The Hall–Kier alpha value is -2.41. The van der Waals surface area contributed by atoms with Crippen molar-refractivity contribution in [3.8, 4) is 5.75 Å². The van der Waals surface area contributed by atoms with Gasteiger partial charge in [-0.3, -0.25) is 4.79 Å². The molecule has 0 aromatic heterocycles. The Morgan fingerprint density at radius 3 is 2.26 bits per heavy atom. The third-order valence-electron chi connectivity index (χ3n) is 4.49. The monoisotopic (exact) mass is 393 g/mol. The summed E-state index contributed by atoms with van der Waals surface area (Å²) in [7, 11) is 1.92. The lowest BCUT2D eigenvalue weighted by Crippen LogP contribution is -2.54. The summed E-state index contributed by atoms with van der Waals surface area (Å²) in [5.41, 5.74) is -0.342. The third kappa shape index (κ3) is 5.07. The first-order chi connectivity index (χ1) is 12.0. The number of Topliss-reactive ketones (excluding diaryl/α,β-unsaturated/α-hetero) is 1. The van der Waals surface area contributed by atoms with E-state index in [-0.39, 0.29) is 29.4 Å². The lowest BCUT2D eigenvalue weighted by atomic mass is 9.85. The van der Waals surface area contributed by atoms with E-state index < -0.39 is 11.6 Å². The fourth-order valence-electron chi connectivity index (χ4n) is 3.23. The molecule has 0 aliphatic carbocycles. The second kappa shape index (κ2) is 9.50. The van der Waals surface area contributed by atoms with Crippen LogP contribution in [0.2, 0.25) is 0 Å². The number of hydrogen-bond acceptors (Lipinski definition) is 5. The molecule has 1 saturated heterocycles. The molecule has 1 fully saturated rings. The van der Waals surface area contributed by atoms with E-state index in [0.717, 1.165) is 13.0 Å². The van der Waals surface area contributed by atoms with Crippen LogP contribution in [0.15, 0.2) is 54.6 Å². The highest BCUT2D eigenvalue weighted by Gasteiger charge is 2.45. The lowest BCUT2D eigenvalue weighted by Gasteiger charge is -2.39. The lowest BCUT2D eigenvalue weighted by molar-refractivity contribution is -0.0364. The Morgan fingerprint density at radius 2 is 1.67 bits per heavy atom. The van der Waals surface area contributed by atoms with Crippen LogP contribution >= 0.6 is 12.4 Å². The molecular weight excluding hydrogens is 370 g/mol. The Labute approximate surface area is 164 Å². The van der Waals surface area contributed by atoms with Crippen molar-refractivity contribution < 1.29 is 24.9 Å². The highest BCUT2D eigenvalue weighted by atomic mass is 35.5. The Balaban J connectivity index is 0.00000182. The molecular formula is C20H24ClNO5. The van der Waals surface area contributed by atoms with Crippen LogP contribution in [0.25, 0.3) is 0 Å². The maximum absolute atomic E-state index is 13.1. The maximum atomic E-state index is 13.1. The summed E-state index contributed by atoms with van der Waals surface area (Å²) in [4.78, 5) is 27.7. The molecule has 146 valence electrons. The van der Waals surface area contributed by atoms with E-state index in [2.05, 4.69) is 0 Å². The van der Waals surface area contributed by atoms with E-state index in [1.54, 1.807) is 24.3 Å². The number of esters is 1. The average Bonchev–Trinajstić information content (AvgIpc) is 2.62. The van der Waals surface area contributed by atoms with Gasteiger partial charge in [0.25, 0.3) is 0 Å². The van der Waals surface area contributed by atoms with Gasteiger partial charge in [0.15, 0.2) is 5.60 Å². The van der Waals surface area contributed by atoms with Gasteiger partial charge in [0, 0.05) is 12.1 Å². The number of phenols is 1. The van der Waals surface area contributed by atoms with E-state index in [1.165, 1.54) is 24.3 Å². The van der Waals surface area contributed by atoms with Crippen molar-refractivity contribution in [1.82, 2.24) is 4.90 Å². The number of benzene rings is 2. The molecule has 1 aliphatic rings. The molecule has 7 heteroatoms. The van der Waals surface area contributed by atoms with Crippen molar-refractivity contribution in [1.29, 1.82) is 0 Å². The summed E-state index contributed by atoms with van der Waals surface area (Å²) in [5.74, 6) is -0.657. The van der Waals surface area contributed by atoms with E-state index in [0.29, 0.717) is 24.1 Å². The van der Waals surface area contributed by atoms with Gasteiger partial charge in [-0.25, -0.2) is 4.79 Å². The largest absolute Gasteiger partial charge is 0.508 e. The normalized spacial score (nSPS) is 19.3. The van der Waals surface area contributed by atoms with E-state index in [1.807, 2.05) is 18.0 Å². The molecule has 1 heterocycles. The number of halogens is 1. The number of hydrogen-bond donors (Lipinski definition) is 1. The van der Waals surface area contributed by atoms with Crippen molar-refractivity contribution in [3.63, 3.8) is 0 Å². The van der Waals surface area contributed by atoms with Gasteiger partial charge in [-0.1, -0.05) is 30.3 Å². The number of aromatic hydroxyl groups is 1. The van der Waals surface area contributed by atoms with Crippen LogP contribution in [-0.4, -0.2) is 53.0 Å². The topological polar surface area (TPSA) is 98.3 Å². The van der Waals surface area contributed by atoms with Gasteiger partial charge in [-0.15, -0.1) is 12.4 Å². The molecule has 2 aromatic rings. The molecule has 0 radical (unpaired) electrons. The Kier molecular flexibility index (Phi) is 7.97. The van der Waals surface area contributed by atoms with Gasteiger partial charge < -0.3 is 20.2 Å². The highest BCUT2D eigenvalue weighted by molar-refractivity contribution is 6.04. The van der Waals surface area contributed by atoms with Crippen LogP contribution in [0.4, 0.5) is 0 Å². The quantitative estimate of drug-likeness (QED) is 0.635. The second-order valence-electron chi connectivity index (χ2n) is 6.47. The summed E-state index contributed by atoms with van der Waals surface area (Å²) >= 11 is 0. The predicted molar refractivity (Wildman–Crippen MR) is 105 cm³/mol. The van der Waals surface area contributed by atoms with Crippen LogP contribution in [0.1, 0.15) is 33.6 Å². The summed E-state index contributed by atoms with van der Waals surface area (Å²) in [6.07, 6.45) is 1.27. The Bertz CT molecular complexity index is 766. The van der Waals surface area contributed by atoms with E-state index in [4.69, 9.17) is 4.74 Å². The molecule has 1 atom stereocenters. The SMILES string of the molecule is CN1CCCC(OC(=O)c2ccc(O)cc2)(C(=O)c2ccccc2)C1.Cl.O. The Morgan fingerprint density at radius 1 is 1.04 bits per heavy atom. The predicted octanol–water partition coefficient (Wildman–Crippen LogP) is 2.49. The number of phenolic OH excluding ortho intramolecular Hbond substituents is 1. The number of rotatable bonds is 4. The smallest absolute Gasteiger partial charge is 0.339 e. The average molecular weight is 394 g/mol. The molecule has 6 nitrogen and oxygen atoms in total. The van der Waals surface area contributed by atoms with Crippen molar-refractivity contribution in [3.05, 3.63) is 65.7 Å². The minimum atomic E-state index is -1.19. The van der Waals surface area contributed by atoms with Crippen LogP contribution in [0.3, 0.4) is 0 Å². The molecule has 3 rings (SSSR count). The second-order valence-corrected chi connectivity index (χ2v) is 6.47. The zero-order chi connectivity index (χ0) is 17.9. The first kappa shape index (κ1) is 22.6. The number of carbonyl (C=O) groups is 2. The molecule has 0 spiro atoms. The van der Waals surface area contributed by atoms with Gasteiger partial charge in [0.05, 0.1) is 5.56 Å². The first-order valence-electron chi connectivity index (χ1n) is 8.31.